The fraction of sp³-hybridized carbons (Fsp3) is 0.667. The van der Waals surface area contributed by atoms with E-state index in [4.69, 9.17) is 4.74 Å². The van der Waals surface area contributed by atoms with Crippen molar-refractivity contribution < 1.29 is 24.2 Å². The third-order valence-electron chi connectivity index (χ3n) is 3.58. The van der Waals surface area contributed by atoms with Gasteiger partial charge in [-0.3, -0.25) is 14.4 Å². The number of amides is 1. The molecule has 0 aromatic rings. The van der Waals surface area contributed by atoms with Crippen molar-refractivity contribution in [3.63, 3.8) is 0 Å². The van der Waals surface area contributed by atoms with Gasteiger partial charge in [0, 0.05) is 6.04 Å². The van der Waals surface area contributed by atoms with E-state index in [1.54, 1.807) is 26.8 Å². The van der Waals surface area contributed by atoms with E-state index >= 15 is 0 Å². The fourth-order valence-electron chi connectivity index (χ4n) is 2.43. The average molecular weight is 297 g/mol. The lowest BCUT2D eigenvalue weighted by Crippen LogP contribution is -2.47. The molecule has 0 bridgehead atoms. The zero-order valence-electron chi connectivity index (χ0n) is 12.7. The average Bonchev–Trinajstić information content (AvgIpc) is 2.44. The summed E-state index contributed by atoms with van der Waals surface area (Å²) < 4.78 is 4.87. The molecule has 0 aliphatic heterocycles. The van der Waals surface area contributed by atoms with Crippen LogP contribution in [0, 0.1) is 11.8 Å². The number of rotatable bonds is 6. The van der Waals surface area contributed by atoms with E-state index in [0.29, 0.717) is 12.8 Å². The van der Waals surface area contributed by atoms with Crippen molar-refractivity contribution in [3.8, 4) is 0 Å². The first-order valence-corrected chi connectivity index (χ1v) is 7.22. The molecule has 1 aliphatic carbocycles. The highest BCUT2D eigenvalue weighted by molar-refractivity contribution is 5.88. The lowest BCUT2D eigenvalue weighted by atomic mass is 9.82. The second-order valence-corrected chi connectivity index (χ2v) is 5.36. The number of carbonyl (C=O) groups is 3. The van der Waals surface area contributed by atoms with Crippen molar-refractivity contribution in [2.75, 3.05) is 13.2 Å². The molecule has 118 valence electrons. The summed E-state index contributed by atoms with van der Waals surface area (Å²) in [5.74, 6) is -3.10. The molecule has 0 saturated heterocycles. The standard InChI is InChI=1S/C15H23NO5/c1-4-21-13(17)9-16(10(2)3)14(18)11-7-5-6-8-12(11)15(19)20/h5-6,10-12H,4,7-9H2,1-3H3,(H,19,20). The van der Waals surface area contributed by atoms with Gasteiger partial charge in [-0.25, -0.2) is 0 Å². The number of hydrogen-bond donors (Lipinski definition) is 1. The Kier molecular flexibility index (Phi) is 6.39. The van der Waals surface area contributed by atoms with Gasteiger partial charge < -0.3 is 14.7 Å². The molecule has 6 nitrogen and oxygen atoms in total. The molecule has 0 fully saturated rings. The van der Waals surface area contributed by atoms with Gasteiger partial charge in [0.2, 0.25) is 5.91 Å². The zero-order valence-corrected chi connectivity index (χ0v) is 12.7. The Bertz CT molecular complexity index is 430. The van der Waals surface area contributed by atoms with Gasteiger partial charge >= 0.3 is 11.9 Å². The SMILES string of the molecule is CCOC(=O)CN(C(=O)C1CC=CCC1C(=O)O)C(C)C. The summed E-state index contributed by atoms with van der Waals surface area (Å²) in [5, 5.41) is 9.25. The molecule has 6 heteroatoms. The van der Waals surface area contributed by atoms with Crippen molar-refractivity contribution >= 4 is 17.8 Å². The number of aliphatic carboxylic acids is 1. The molecule has 0 saturated carbocycles. The molecular weight excluding hydrogens is 274 g/mol. The first-order valence-electron chi connectivity index (χ1n) is 7.22. The van der Waals surface area contributed by atoms with E-state index in [1.807, 2.05) is 6.08 Å². The Morgan fingerprint density at radius 2 is 1.81 bits per heavy atom. The predicted molar refractivity (Wildman–Crippen MR) is 76.5 cm³/mol. The minimum atomic E-state index is -0.974. The molecule has 1 N–H and O–H groups in total. The van der Waals surface area contributed by atoms with Crippen LogP contribution in [0.15, 0.2) is 12.2 Å². The smallest absolute Gasteiger partial charge is 0.325 e. The summed E-state index contributed by atoms with van der Waals surface area (Å²) >= 11 is 0. The molecular formula is C15H23NO5. The van der Waals surface area contributed by atoms with Crippen LogP contribution in [0.4, 0.5) is 0 Å². The fourth-order valence-corrected chi connectivity index (χ4v) is 2.43. The van der Waals surface area contributed by atoms with Crippen LogP contribution < -0.4 is 0 Å². The number of ether oxygens (including phenoxy) is 1. The quantitative estimate of drug-likeness (QED) is 0.592. The Balaban J connectivity index is 2.86. The highest BCUT2D eigenvalue weighted by Gasteiger charge is 2.37. The molecule has 0 aromatic carbocycles. The van der Waals surface area contributed by atoms with Crippen LogP contribution in [-0.4, -0.2) is 47.0 Å². The molecule has 2 unspecified atom stereocenters. The van der Waals surface area contributed by atoms with Gasteiger partial charge in [0.25, 0.3) is 0 Å². The van der Waals surface area contributed by atoms with Crippen molar-refractivity contribution in [1.29, 1.82) is 0 Å². The van der Waals surface area contributed by atoms with Crippen LogP contribution in [0.1, 0.15) is 33.6 Å². The first kappa shape index (κ1) is 17.2. The van der Waals surface area contributed by atoms with E-state index in [-0.39, 0.29) is 25.1 Å². The Morgan fingerprint density at radius 1 is 1.24 bits per heavy atom. The monoisotopic (exact) mass is 297 g/mol. The van der Waals surface area contributed by atoms with Crippen LogP contribution in [0.3, 0.4) is 0 Å². The number of carbonyl (C=O) groups excluding carboxylic acids is 2. The third kappa shape index (κ3) is 4.58. The van der Waals surface area contributed by atoms with Gasteiger partial charge in [0.15, 0.2) is 0 Å². The minimum absolute atomic E-state index is 0.142. The lowest BCUT2D eigenvalue weighted by Gasteiger charge is -2.32. The Labute approximate surface area is 124 Å². The molecule has 0 aromatic heterocycles. The van der Waals surface area contributed by atoms with Crippen LogP contribution in [0.5, 0.6) is 0 Å². The van der Waals surface area contributed by atoms with Gasteiger partial charge in [-0.15, -0.1) is 0 Å². The highest BCUT2D eigenvalue weighted by atomic mass is 16.5. The second-order valence-electron chi connectivity index (χ2n) is 5.36. The van der Waals surface area contributed by atoms with Gasteiger partial charge in [-0.2, -0.15) is 0 Å². The van der Waals surface area contributed by atoms with Crippen molar-refractivity contribution in [2.45, 2.75) is 39.7 Å². The first-order chi connectivity index (χ1) is 9.88. The molecule has 21 heavy (non-hydrogen) atoms. The van der Waals surface area contributed by atoms with E-state index in [1.165, 1.54) is 4.90 Å². The summed E-state index contributed by atoms with van der Waals surface area (Å²) in [5.41, 5.74) is 0. The molecule has 1 rings (SSSR count). The summed E-state index contributed by atoms with van der Waals surface area (Å²) in [6.07, 6.45) is 4.34. The Morgan fingerprint density at radius 3 is 2.29 bits per heavy atom. The molecule has 2 atom stereocenters. The summed E-state index contributed by atoms with van der Waals surface area (Å²) in [6.45, 7) is 5.41. The number of carboxylic acid groups (broad SMARTS) is 1. The van der Waals surface area contributed by atoms with Gasteiger partial charge in [0.1, 0.15) is 6.54 Å². The molecule has 0 radical (unpaired) electrons. The summed E-state index contributed by atoms with van der Waals surface area (Å²) in [4.78, 5) is 36.9. The number of allylic oxidation sites excluding steroid dienone is 2. The molecule has 1 amide bonds. The highest BCUT2D eigenvalue weighted by Crippen LogP contribution is 2.28. The second kappa shape index (κ2) is 7.81. The zero-order chi connectivity index (χ0) is 16.0. The van der Waals surface area contributed by atoms with E-state index in [9.17, 15) is 19.5 Å². The minimum Gasteiger partial charge on any atom is -0.481 e. The van der Waals surface area contributed by atoms with Crippen LogP contribution in [-0.2, 0) is 19.1 Å². The molecule has 0 spiro atoms. The topological polar surface area (TPSA) is 83.9 Å². The van der Waals surface area contributed by atoms with Gasteiger partial charge in [-0.1, -0.05) is 12.2 Å². The van der Waals surface area contributed by atoms with Crippen LogP contribution in [0.25, 0.3) is 0 Å². The Hall–Kier alpha value is -1.85. The van der Waals surface area contributed by atoms with Crippen molar-refractivity contribution in [1.82, 2.24) is 4.90 Å². The van der Waals surface area contributed by atoms with Crippen LogP contribution >= 0.6 is 0 Å². The molecule has 0 heterocycles. The summed E-state index contributed by atoms with van der Waals surface area (Å²) in [7, 11) is 0. The van der Waals surface area contributed by atoms with E-state index < -0.39 is 23.8 Å². The lowest BCUT2D eigenvalue weighted by molar-refractivity contribution is -0.155. The van der Waals surface area contributed by atoms with Gasteiger partial charge in [-0.05, 0) is 33.6 Å². The number of carboxylic acids is 1. The van der Waals surface area contributed by atoms with E-state index in [2.05, 4.69) is 0 Å². The van der Waals surface area contributed by atoms with Gasteiger partial charge in [0.05, 0.1) is 18.4 Å². The molecule has 1 aliphatic rings. The predicted octanol–water partition coefficient (Wildman–Crippen LogP) is 1.45. The van der Waals surface area contributed by atoms with Crippen molar-refractivity contribution in [3.05, 3.63) is 12.2 Å². The normalized spacial score (nSPS) is 21.1. The maximum Gasteiger partial charge on any atom is 0.325 e. The van der Waals surface area contributed by atoms with Crippen molar-refractivity contribution in [2.24, 2.45) is 11.8 Å². The maximum absolute atomic E-state index is 12.6. The third-order valence-corrected chi connectivity index (χ3v) is 3.58. The van der Waals surface area contributed by atoms with Crippen LogP contribution in [0.2, 0.25) is 0 Å². The number of hydrogen-bond acceptors (Lipinski definition) is 4. The number of nitrogens with zero attached hydrogens (tertiary/aromatic N) is 1. The van der Waals surface area contributed by atoms with E-state index in [0.717, 1.165) is 0 Å². The maximum atomic E-state index is 12.6. The largest absolute Gasteiger partial charge is 0.481 e. The summed E-state index contributed by atoms with van der Waals surface area (Å²) in [6, 6.07) is -0.192. The number of esters is 1.